The van der Waals surface area contributed by atoms with Crippen molar-refractivity contribution in [1.29, 1.82) is 0 Å². The summed E-state index contributed by atoms with van der Waals surface area (Å²) in [5, 5.41) is 3.21. The minimum Gasteiger partial charge on any atom is -0.339 e. The van der Waals surface area contributed by atoms with Crippen LogP contribution in [-0.4, -0.2) is 43.2 Å². The summed E-state index contributed by atoms with van der Waals surface area (Å²) in [6.07, 6.45) is 1.74. The molecule has 3 nitrogen and oxygen atoms in total. The summed E-state index contributed by atoms with van der Waals surface area (Å²) in [5.41, 5.74) is 0. The Morgan fingerprint density at radius 1 is 1.43 bits per heavy atom. The third kappa shape index (κ3) is 2.05. The Morgan fingerprint density at radius 2 is 2.29 bits per heavy atom. The zero-order chi connectivity index (χ0) is 9.97. The van der Waals surface area contributed by atoms with Gasteiger partial charge in [-0.15, -0.1) is 0 Å². The van der Waals surface area contributed by atoms with Crippen molar-refractivity contribution in [2.75, 3.05) is 26.2 Å². The van der Waals surface area contributed by atoms with Crippen LogP contribution in [-0.2, 0) is 4.79 Å². The maximum absolute atomic E-state index is 12.9. The molecule has 2 aliphatic rings. The molecule has 0 bridgehead atoms. The molecular formula is C10H17FN2O. The van der Waals surface area contributed by atoms with Gasteiger partial charge in [-0.2, -0.15) is 0 Å². The first-order valence-corrected chi connectivity index (χ1v) is 5.41. The Balaban J connectivity index is 1.87. The first-order chi connectivity index (χ1) is 6.77. The Bertz CT molecular complexity index is 209. The molecule has 0 aromatic heterocycles. The highest BCUT2D eigenvalue weighted by atomic mass is 19.1. The maximum atomic E-state index is 12.9. The minimum atomic E-state index is -0.796. The van der Waals surface area contributed by atoms with Crippen LogP contribution in [0.4, 0.5) is 4.39 Å². The molecule has 0 unspecified atom stereocenters. The van der Waals surface area contributed by atoms with Gasteiger partial charge in [-0.25, -0.2) is 4.39 Å². The second-order valence-corrected chi connectivity index (χ2v) is 4.21. The average Bonchev–Trinajstić information content (AvgIpc) is 2.65. The first-order valence-electron chi connectivity index (χ1n) is 5.41. The topological polar surface area (TPSA) is 32.3 Å². The highest BCUT2D eigenvalue weighted by Gasteiger charge is 2.31. The summed E-state index contributed by atoms with van der Waals surface area (Å²) in [4.78, 5) is 13.5. The van der Waals surface area contributed by atoms with Crippen molar-refractivity contribution < 1.29 is 9.18 Å². The number of hydrogen-bond acceptors (Lipinski definition) is 2. The lowest BCUT2D eigenvalue weighted by atomic mass is 9.98. The van der Waals surface area contributed by atoms with E-state index in [1.165, 1.54) is 0 Å². The predicted octanol–water partition coefficient (Wildman–Crippen LogP) is 0.556. The fourth-order valence-corrected chi connectivity index (χ4v) is 2.24. The summed E-state index contributed by atoms with van der Waals surface area (Å²) in [7, 11) is 0. The van der Waals surface area contributed by atoms with Gasteiger partial charge in [0.05, 0.1) is 12.5 Å². The molecule has 1 amide bonds. The molecule has 1 N–H and O–H groups in total. The third-order valence-electron chi connectivity index (χ3n) is 3.09. The fourth-order valence-electron chi connectivity index (χ4n) is 2.24. The third-order valence-corrected chi connectivity index (χ3v) is 3.09. The average molecular weight is 200 g/mol. The Labute approximate surface area is 83.6 Å². The van der Waals surface area contributed by atoms with E-state index in [0.29, 0.717) is 19.5 Å². The monoisotopic (exact) mass is 200 g/mol. The normalized spacial score (nSPS) is 33.4. The molecule has 2 fully saturated rings. The minimum absolute atomic E-state index is 0.0917. The van der Waals surface area contributed by atoms with Crippen LogP contribution >= 0.6 is 0 Å². The molecule has 2 heterocycles. The molecule has 4 heteroatoms. The van der Waals surface area contributed by atoms with Gasteiger partial charge in [0, 0.05) is 13.1 Å². The van der Waals surface area contributed by atoms with Crippen LogP contribution in [0.15, 0.2) is 0 Å². The Hall–Kier alpha value is -0.640. The van der Waals surface area contributed by atoms with Gasteiger partial charge in [-0.05, 0) is 25.8 Å². The Morgan fingerprint density at radius 3 is 2.86 bits per heavy atom. The molecule has 2 aliphatic heterocycles. The van der Waals surface area contributed by atoms with Crippen molar-refractivity contribution in [1.82, 2.24) is 10.2 Å². The molecular weight excluding hydrogens is 183 g/mol. The number of nitrogens with one attached hydrogen (secondary N) is 1. The van der Waals surface area contributed by atoms with Crippen LogP contribution < -0.4 is 5.32 Å². The van der Waals surface area contributed by atoms with Crippen molar-refractivity contribution >= 4 is 5.91 Å². The second-order valence-electron chi connectivity index (χ2n) is 4.21. The molecule has 2 rings (SSSR count). The molecule has 80 valence electrons. The summed E-state index contributed by atoms with van der Waals surface area (Å²) in [6.45, 7) is 2.70. The number of rotatable bonds is 1. The van der Waals surface area contributed by atoms with Crippen LogP contribution in [0.25, 0.3) is 0 Å². The van der Waals surface area contributed by atoms with Gasteiger partial charge in [0.25, 0.3) is 0 Å². The van der Waals surface area contributed by atoms with Gasteiger partial charge in [-0.3, -0.25) is 4.79 Å². The van der Waals surface area contributed by atoms with E-state index in [9.17, 15) is 9.18 Å². The number of amides is 1. The molecule has 0 aliphatic carbocycles. The number of carbonyl (C=O) groups excluding carboxylic acids is 1. The van der Waals surface area contributed by atoms with Gasteiger partial charge in [-0.1, -0.05) is 0 Å². The Kier molecular flexibility index (Phi) is 3.01. The first kappa shape index (κ1) is 9.90. The molecule has 0 saturated carbocycles. The largest absolute Gasteiger partial charge is 0.339 e. The van der Waals surface area contributed by atoms with E-state index in [1.807, 2.05) is 0 Å². The van der Waals surface area contributed by atoms with E-state index in [0.717, 1.165) is 25.9 Å². The van der Waals surface area contributed by atoms with E-state index in [-0.39, 0.29) is 11.8 Å². The van der Waals surface area contributed by atoms with Crippen molar-refractivity contribution in [3.05, 3.63) is 0 Å². The standard InChI is InChI=1S/C10H17FN2O/c11-9-3-5-13(7-9)10(14)8-2-1-4-12-6-8/h8-9,12H,1-7H2/t8-,9-/m1/s1. The number of carbonyl (C=O) groups is 1. The van der Waals surface area contributed by atoms with E-state index >= 15 is 0 Å². The molecule has 0 aromatic rings. The molecule has 0 spiro atoms. The molecule has 0 radical (unpaired) electrons. The molecule has 2 atom stereocenters. The number of hydrogen-bond donors (Lipinski definition) is 1. The van der Waals surface area contributed by atoms with Crippen molar-refractivity contribution in [2.45, 2.75) is 25.4 Å². The predicted molar refractivity (Wildman–Crippen MR) is 51.7 cm³/mol. The molecule has 14 heavy (non-hydrogen) atoms. The summed E-state index contributed by atoms with van der Waals surface area (Å²) >= 11 is 0. The number of halogens is 1. The van der Waals surface area contributed by atoms with Crippen LogP contribution in [0.1, 0.15) is 19.3 Å². The van der Waals surface area contributed by atoms with Crippen LogP contribution in [0.3, 0.4) is 0 Å². The number of nitrogens with zero attached hydrogens (tertiary/aromatic N) is 1. The van der Waals surface area contributed by atoms with E-state index < -0.39 is 6.17 Å². The zero-order valence-electron chi connectivity index (χ0n) is 8.34. The maximum Gasteiger partial charge on any atom is 0.227 e. The summed E-state index contributed by atoms with van der Waals surface area (Å²) in [5.74, 6) is 0.242. The zero-order valence-corrected chi connectivity index (χ0v) is 8.34. The van der Waals surface area contributed by atoms with Gasteiger partial charge in [0.2, 0.25) is 5.91 Å². The highest BCUT2D eigenvalue weighted by Crippen LogP contribution is 2.18. The van der Waals surface area contributed by atoms with Gasteiger partial charge < -0.3 is 10.2 Å². The smallest absolute Gasteiger partial charge is 0.227 e. The van der Waals surface area contributed by atoms with Crippen LogP contribution in [0.2, 0.25) is 0 Å². The fraction of sp³-hybridized carbons (Fsp3) is 0.900. The van der Waals surface area contributed by atoms with Gasteiger partial charge in [0.1, 0.15) is 6.17 Å². The second kappa shape index (κ2) is 4.26. The van der Waals surface area contributed by atoms with Crippen LogP contribution in [0.5, 0.6) is 0 Å². The number of likely N-dealkylation sites (tertiary alicyclic amines) is 1. The van der Waals surface area contributed by atoms with E-state index in [1.54, 1.807) is 4.90 Å². The quantitative estimate of drug-likeness (QED) is 0.670. The van der Waals surface area contributed by atoms with Crippen molar-refractivity contribution in [3.63, 3.8) is 0 Å². The lowest BCUT2D eigenvalue weighted by molar-refractivity contribution is -0.135. The summed E-state index contributed by atoms with van der Waals surface area (Å²) in [6, 6.07) is 0. The highest BCUT2D eigenvalue weighted by molar-refractivity contribution is 5.79. The molecule has 0 aromatic carbocycles. The van der Waals surface area contributed by atoms with Crippen molar-refractivity contribution in [3.8, 4) is 0 Å². The number of alkyl halides is 1. The lowest BCUT2D eigenvalue weighted by Crippen LogP contribution is -2.42. The SMILES string of the molecule is O=C([C@@H]1CCCNC1)N1CC[C@@H](F)C1. The van der Waals surface area contributed by atoms with E-state index in [4.69, 9.17) is 0 Å². The number of piperidine rings is 1. The van der Waals surface area contributed by atoms with Crippen LogP contribution in [0, 0.1) is 5.92 Å². The van der Waals surface area contributed by atoms with E-state index in [2.05, 4.69) is 5.32 Å². The molecule has 2 saturated heterocycles. The lowest BCUT2D eigenvalue weighted by Gasteiger charge is -2.26. The van der Waals surface area contributed by atoms with Crippen molar-refractivity contribution in [2.24, 2.45) is 5.92 Å². The summed E-state index contributed by atoms with van der Waals surface area (Å²) < 4.78 is 12.9. The van der Waals surface area contributed by atoms with Gasteiger partial charge >= 0.3 is 0 Å². The van der Waals surface area contributed by atoms with Gasteiger partial charge in [0.15, 0.2) is 0 Å².